The van der Waals surface area contributed by atoms with Gasteiger partial charge in [-0.2, -0.15) is 0 Å². The summed E-state index contributed by atoms with van der Waals surface area (Å²) in [5, 5.41) is 12.9. The average molecular weight is 496 g/mol. The fourth-order valence-electron chi connectivity index (χ4n) is 3.78. The number of hydrogen-bond acceptors (Lipinski definition) is 6. The lowest BCUT2D eigenvalue weighted by molar-refractivity contribution is 0.102. The van der Waals surface area contributed by atoms with Gasteiger partial charge in [0.1, 0.15) is 17.1 Å². The molecule has 1 heterocycles. The summed E-state index contributed by atoms with van der Waals surface area (Å²) in [6.45, 7) is 7.71. The number of Topliss-reactive ketones (excluding diaryl/α,β-unsaturated/α-hetero) is 1. The van der Waals surface area contributed by atoms with Crippen molar-refractivity contribution >= 4 is 11.9 Å². The van der Waals surface area contributed by atoms with Crippen molar-refractivity contribution in [3.05, 3.63) is 86.6 Å². The van der Waals surface area contributed by atoms with Gasteiger partial charge >= 0.3 is 11.7 Å². The average Bonchev–Trinajstić information content (AvgIpc) is 2.85. The highest BCUT2D eigenvalue weighted by Crippen LogP contribution is 2.26. The van der Waals surface area contributed by atoms with Crippen molar-refractivity contribution in [2.75, 3.05) is 7.11 Å². The monoisotopic (exact) mass is 495 g/mol. The molecule has 0 radical (unpaired) electrons. The van der Waals surface area contributed by atoms with E-state index in [-0.39, 0.29) is 17.2 Å². The molecular weight excluding hydrogens is 458 g/mol. The maximum absolute atomic E-state index is 12.9. The van der Waals surface area contributed by atoms with Crippen molar-refractivity contribution in [1.29, 1.82) is 0 Å². The van der Waals surface area contributed by atoms with Crippen LogP contribution in [-0.4, -0.2) is 24.1 Å². The summed E-state index contributed by atoms with van der Waals surface area (Å²) in [6, 6.07) is 7.72. The maximum atomic E-state index is 12.9. The SMILES string of the molecule is CCCCc1ccc(C/C=C(/C)C(=O)c2c(O)cc(C(C)CC/C=C/NC(=O)OC)oc2=O)c(C)c1. The highest BCUT2D eigenvalue weighted by molar-refractivity contribution is 6.09. The van der Waals surface area contributed by atoms with Gasteiger partial charge in [0.2, 0.25) is 0 Å². The molecule has 2 N–H and O–H groups in total. The van der Waals surface area contributed by atoms with Crippen molar-refractivity contribution in [2.24, 2.45) is 0 Å². The number of alkyl carbamates (subject to hydrolysis) is 1. The predicted octanol–water partition coefficient (Wildman–Crippen LogP) is 6.12. The van der Waals surface area contributed by atoms with Crippen LogP contribution in [0.3, 0.4) is 0 Å². The molecule has 0 aliphatic rings. The third-order valence-corrected chi connectivity index (χ3v) is 6.15. The Bertz CT molecular complexity index is 1170. The fourth-order valence-corrected chi connectivity index (χ4v) is 3.78. The molecule has 0 fully saturated rings. The van der Waals surface area contributed by atoms with E-state index in [0.29, 0.717) is 30.6 Å². The number of carbonyl (C=O) groups is 2. The number of ketones is 1. The number of nitrogens with one attached hydrogen (secondary N) is 1. The van der Waals surface area contributed by atoms with E-state index in [2.05, 4.69) is 42.1 Å². The number of rotatable bonds is 12. The zero-order chi connectivity index (χ0) is 26.7. The first-order chi connectivity index (χ1) is 17.2. The quantitative estimate of drug-likeness (QED) is 0.271. The van der Waals surface area contributed by atoms with E-state index in [1.807, 2.05) is 6.92 Å². The second-order valence-electron chi connectivity index (χ2n) is 9.00. The Morgan fingerprint density at radius 3 is 2.64 bits per heavy atom. The van der Waals surface area contributed by atoms with Crippen LogP contribution in [0.5, 0.6) is 5.75 Å². The third-order valence-electron chi connectivity index (χ3n) is 6.15. The van der Waals surface area contributed by atoms with Crippen LogP contribution in [0.2, 0.25) is 0 Å². The molecule has 0 saturated carbocycles. The summed E-state index contributed by atoms with van der Waals surface area (Å²) in [7, 11) is 1.28. The summed E-state index contributed by atoms with van der Waals surface area (Å²) >= 11 is 0. The van der Waals surface area contributed by atoms with Crippen LogP contribution >= 0.6 is 0 Å². The second kappa shape index (κ2) is 14.1. The lowest BCUT2D eigenvalue weighted by Gasteiger charge is -2.11. The molecule has 1 unspecified atom stereocenters. The Balaban J connectivity index is 2.07. The van der Waals surface area contributed by atoms with Crippen molar-refractivity contribution in [3.8, 4) is 5.75 Å². The van der Waals surface area contributed by atoms with Gasteiger partial charge in [-0.3, -0.25) is 10.1 Å². The lowest BCUT2D eigenvalue weighted by atomic mass is 9.97. The van der Waals surface area contributed by atoms with Gasteiger partial charge in [0.25, 0.3) is 0 Å². The van der Waals surface area contributed by atoms with Crippen molar-refractivity contribution in [1.82, 2.24) is 5.32 Å². The van der Waals surface area contributed by atoms with E-state index < -0.39 is 17.5 Å². The normalized spacial score (nSPS) is 12.5. The largest absolute Gasteiger partial charge is 0.507 e. The molecule has 0 bridgehead atoms. The summed E-state index contributed by atoms with van der Waals surface area (Å²) < 4.78 is 9.85. The Labute approximate surface area is 212 Å². The number of unbranched alkanes of at least 4 members (excludes halogenated alkanes) is 1. The van der Waals surface area contributed by atoms with Crippen molar-refractivity contribution < 1.29 is 23.8 Å². The Morgan fingerprint density at radius 1 is 1.25 bits per heavy atom. The Morgan fingerprint density at radius 2 is 2.00 bits per heavy atom. The van der Waals surface area contributed by atoms with E-state index in [1.54, 1.807) is 19.1 Å². The number of aryl methyl sites for hydroxylation is 2. The smallest absolute Gasteiger partial charge is 0.410 e. The number of carbonyl (C=O) groups excluding carboxylic acids is 2. The van der Waals surface area contributed by atoms with E-state index >= 15 is 0 Å². The predicted molar refractivity (Wildman–Crippen MR) is 141 cm³/mol. The van der Waals surface area contributed by atoms with Gasteiger partial charge in [-0.15, -0.1) is 0 Å². The molecule has 1 aromatic carbocycles. The number of benzene rings is 1. The summed E-state index contributed by atoms with van der Waals surface area (Å²) in [5.74, 6) is -0.820. The summed E-state index contributed by atoms with van der Waals surface area (Å²) in [6.07, 6.45) is 9.55. The number of aromatic hydroxyl groups is 1. The topological polar surface area (TPSA) is 106 Å². The van der Waals surface area contributed by atoms with Crippen LogP contribution < -0.4 is 10.9 Å². The van der Waals surface area contributed by atoms with Crippen LogP contribution in [0.15, 0.2) is 57.4 Å². The third kappa shape index (κ3) is 8.26. The minimum atomic E-state index is -0.853. The highest BCUT2D eigenvalue weighted by atomic mass is 16.5. The molecule has 0 aliphatic carbocycles. The van der Waals surface area contributed by atoms with Crippen LogP contribution in [0, 0.1) is 6.92 Å². The molecule has 1 aromatic heterocycles. The molecule has 36 heavy (non-hydrogen) atoms. The van der Waals surface area contributed by atoms with E-state index in [9.17, 15) is 19.5 Å². The van der Waals surface area contributed by atoms with Gasteiger partial charge in [-0.25, -0.2) is 9.59 Å². The minimum Gasteiger partial charge on any atom is -0.507 e. The van der Waals surface area contributed by atoms with Crippen molar-refractivity contribution in [2.45, 2.75) is 72.1 Å². The van der Waals surface area contributed by atoms with E-state index in [4.69, 9.17) is 4.42 Å². The van der Waals surface area contributed by atoms with Gasteiger partial charge in [0, 0.05) is 18.2 Å². The number of allylic oxidation sites excluding steroid dienone is 3. The Hall–Kier alpha value is -3.61. The van der Waals surface area contributed by atoms with E-state index in [1.165, 1.54) is 24.9 Å². The number of amides is 1. The fraction of sp³-hybridized carbons (Fsp3) is 0.414. The minimum absolute atomic E-state index is 0.185. The lowest BCUT2D eigenvalue weighted by Crippen LogP contribution is -2.17. The molecule has 2 aromatic rings. The first-order valence-corrected chi connectivity index (χ1v) is 12.3. The van der Waals surface area contributed by atoms with Gasteiger partial charge in [-0.05, 0) is 68.2 Å². The summed E-state index contributed by atoms with van der Waals surface area (Å²) in [4.78, 5) is 36.5. The molecule has 0 spiro atoms. The Kier molecular flexibility index (Phi) is 11.2. The molecule has 1 amide bonds. The zero-order valence-corrected chi connectivity index (χ0v) is 21.8. The zero-order valence-electron chi connectivity index (χ0n) is 21.8. The first kappa shape index (κ1) is 28.6. The van der Waals surface area contributed by atoms with Crippen LogP contribution in [0.4, 0.5) is 4.79 Å². The molecule has 0 saturated heterocycles. The molecule has 0 aliphatic heterocycles. The van der Waals surface area contributed by atoms with E-state index in [0.717, 1.165) is 30.4 Å². The molecular formula is C29H37NO6. The molecule has 194 valence electrons. The molecule has 2 rings (SSSR count). The number of hydrogen-bond donors (Lipinski definition) is 2. The standard InChI is InChI=1S/C29H37NO6/c1-6-7-11-22-13-15-23(21(4)17-22)14-12-20(3)27(32)26-24(31)18-25(36-28(26)33)19(2)10-8-9-16-30-29(34)35-5/h9,12-13,15-19,31H,6-8,10-11,14H2,1-5H3,(H,30,34)/b16-9+,20-12-. The van der Waals surface area contributed by atoms with Gasteiger partial charge in [0.15, 0.2) is 5.78 Å². The maximum Gasteiger partial charge on any atom is 0.410 e. The van der Waals surface area contributed by atoms with Gasteiger partial charge < -0.3 is 14.3 Å². The first-order valence-electron chi connectivity index (χ1n) is 12.3. The van der Waals surface area contributed by atoms with Crippen molar-refractivity contribution in [3.63, 3.8) is 0 Å². The second-order valence-corrected chi connectivity index (χ2v) is 9.00. The highest BCUT2D eigenvalue weighted by Gasteiger charge is 2.22. The molecule has 7 heteroatoms. The van der Waals surface area contributed by atoms with Gasteiger partial charge in [-0.1, -0.05) is 50.6 Å². The van der Waals surface area contributed by atoms with Gasteiger partial charge in [0.05, 0.1) is 7.11 Å². The van der Waals surface area contributed by atoms with Crippen LogP contribution in [0.25, 0.3) is 0 Å². The summed E-state index contributed by atoms with van der Waals surface area (Å²) in [5.41, 5.74) is 2.74. The van der Waals surface area contributed by atoms with Crippen LogP contribution in [0.1, 0.15) is 85.2 Å². The molecule has 7 nitrogen and oxygen atoms in total. The van der Waals surface area contributed by atoms with Crippen LogP contribution in [-0.2, 0) is 17.6 Å². The number of ether oxygens (including phenoxy) is 1. The number of methoxy groups -OCH3 is 1. The molecule has 1 atom stereocenters.